The summed E-state index contributed by atoms with van der Waals surface area (Å²) in [6, 6.07) is 12.4. The van der Waals surface area contributed by atoms with Crippen LogP contribution in [0.2, 0.25) is 0 Å². The fraction of sp³-hybridized carbons (Fsp3) is 0.235. The highest BCUT2D eigenvalue weighted by Crippen LogP contribution is 2.44. The Balaban J connectivity index is 1.89. The number of rotatable bonds is 3. The van der Waals surface area contributed by atoms with E-state index in [1.54, 1.807) is 6.21 Å². The molecule has 4 rings (SSSR count). The molecule has 112 valence electrons. The number of oxime groups is 1. The summed E-state index contributed by atoms with van der Waals surface area (Å²) in [6.45, 7) is 0.147. The van der Waals surface area contributed by atoms with Gasteiger partial charge in [-0.25, -0.2) is 4.89 Å². The van der Waals surface area contributed by atoms with Crippen molar-refractivity contribution in [3.8, 4) is 11.1 Å². The summed E-state index contributed by atoms with van der Waals surface area (Å²) in [4.78, 5) is 14.9. The van der Waals surface area contributed by atoms with E-state index in [-0.39, 0.29) is 6.79 Å². The van der Waals surface area contributed by atoms with Crippen LogP contribution in [0.3, 0.4) is 0 Å². The smallest absolute Gasteiger partial charge is 0.220 e. The molecular weight excluding hydrogens is 282 g/mol. The predicted molar refractivity (Wildman–Crippen MR) is 80.2 cm³/mol. The fourth-order valence-electron chi connectivity index (χ4n) is 3.11. The van der Waals surface area contributed by atoms with Crippen molar-refractivity contribution in [3.63, 3.8) is 0 Å². The van der Waals surface area contributed by atoms with Crippen molar-refractivity contribution in [3.05, 3.63) is 58.7 Å². The number of benzene rings is 2. The van der Waals surface area contributed by atoms with Crippen LogP contribution in [0.15, 0.2) is 41.6 Å². The number of hydrogen-bond acceptors (Lipinski definition) is 5. The lowest BCUT2D eigenvalue weighted by molar-refractivity contribution is -0.279. The number of fused-ring (bicyclic) bond motifs is 3. The molecule has 2 aromatic rings. The third kappa shape index (κ3) is 2.11. The van der Waals surface area contributed by atoms with Crippen LogP contribution in [-0.2, 0) is 25.8 Å². The van der Waals surface area contributed by atoms with E-state index >= 15 is 0 Å². The third-order valence-electron chi connectivity index (χ3n) is 3.97. The Morgan fingerprint density at radius 1 is 1.14 bits per heavy atom. The summed E-state index contributed by atoms with van der Waals surface area (Å²) in [5, 5.41) is 3.91. The van der Waals surface area contributed by atoms with Crippen LogP contribution in [0, 0.1) is 0 Å². The second-order valence-corrected chi connectivity index (χ2v) is 5.19. The van der Waals surface area contributed by atoms with Gasteiger partial charge in [0.05, 0.1) is 6.21 Å². The van der Waals surface area contributed by atoms with Gasteiger partial charge in [0.25, 0.3) is 0 Å². The average molecular weight is 297 g/mol. The molecule has 0 aromatic heterocycles. The zero-order valence-corrected chi connectivity index (χ0v) is 12.1. The molecule has 2 aromatic carbocycles. The zero-order chi connectivity index (χ0) is 14.9. The van der Waals surface area contributed by atoms with E-state index in [9.17, 15) is 0 Å². The highest BCUT2D eigenvalue weighted by atomic mass is 17.3. The summed E-state index contributed by atoms with van der Waals surface area (Å²) in [6.07, 6.45) is 2.13. The van der Waals surface area contributed by atoms with E-state index in [1.807, 2.05) is 24.3 Å². The first-order valence-corrected chi connectivity index (χ1v) is 7.09. The molecule has 1 fully saturated rings. The molecule has 22 heavy (non-hydrogen) atoms. The second-order valence-electron chi connectivity index (χ2n) is 5.19. The van der Waals surface area contributed by atoms with Gasteiger partial charge in [-0.15, -0.1) is 0 Å². The van der Waals surface area contributed by atoms with Crippen LogP contribution in [0.25, 0.3) is 11.1 Å². The molecule has 1 heterocycles. The van der Waals surface area contributed by atoms with E-state index in [2.05, 4.69) is 17.3 Å². The van der Waals surface area contributed by atoms with E-state index < -0.39 is 6.29 Å². The van der Waals surface area contributed by atoms with Crippen LogP contribution < -0.4 is 0 Å². The molecule has 5 nitrogen and oxygen atoms in total. The molecule has 5 heteroatoms. The van der Waals surface area contributed by atoms with Crippen LogP contribution >= 0.6 is 0 Å². The summed E-state index contributed by atoms with van der Waals surface area (Å²) in [5.41, 5.74) is 6.82. The van der Waals surface area contributed by atoms with Gasteiger partial charge < -0.3 is 9.57 Å². The van der Waals surface area contributed by atoms with Crippen molar-refractivity contribution in [1.82, 2.24) is 0 Å². The van der Waals surface area contributed by atoms with Gasteiger partial charge in [0.2, 0.25) is 6.29 Å². The van der Waals surface area contributed by atoms with Gasteiger partial charge in [0, 0.05) is 11.1 Å². The molecule has 0 amide bonds. The van der Waals surface area contributed by atoms with Crippen molar-refractivity contribution >= 4 is 6.21 Å². The molecule has 1 unspecified atom stereocenters. The van der Waals surface area contributed by atoms with Crippen molar-refractivity contribution < 1.29 is 19.3 Å². The Labute approximate surface area is 128 Å². The highest BCUT2D eigenvalue weighted by Gasteiger charge is 2.30. The molecule has 1 aliphatic carbocycles. The van der Waals surface area contributed by atoms with Crippen molar-refractivity contribution in [1.29, 1.82) is 0 Å². The second kappa shape index (κ2) is 5.53. The maximum absolute atomic E-state index is 5.50. The maximum Gasteiger partial charge on any atom is 0.220 e. The van der Waals surface area contributed by atoms with Gasteiger partial charge in [-0.1, -0.05) is 41.6 Å². The van der Waals surface area contributed by atoms with E-state index in [4.69, 9.17) is 19.3 Å². The van der Waals surface area contributed by atoms with Gasteiger partial charge in [-0.2, -0.15) is 4.89 Å². The first-order chi connectivity index (χ1) is 10.9. The average Bonchev–Trinajstić information content (AvgIpc) is 3.19. The normalized spacial score (nSPS) is 19.4. The Morgan fingerprint density at radius 2 is 1.95 bits per heavy atom. The van der Waals surface area contributed by atoms with Crippen molar-refractivity contribution in [2.75, 3.05) is 13.9 Å². The predicted octanol–water partition coefficient (Wildman–Crippen LogP) is 3.17. The molecule has 1 saturated heterocycles. The van der Waals surface area contributed by atoms with Crippen LogP contribution in [-0.4, -0.2) is 20.1 Å². The molecule has 1 aliphatic heterocycles. The van der Waals surface area contributed by atoms with Crippen LogP contribution in [0.1, 0.15) is 28.5 Å². The molecule has 2 aliphatic rings. The molecular formula is C17H15NO4. The van der Waals surface area contributed by atoms with Gasteiger partial charge in [0.15, 0.2) is 6.79 Å². The summed E-state index contributed by atoms with van der Waals surface area (Å²) in [7, 11) is 1.54. The SMILES string of the molecule is CO/N=C/c1cccc2c1-c1c(cccc1C1OCOO1)C2. The van der Waals surface area contributed by atoms with Gasteiger partial charge in [-0.3, -0.25) is 0 Å². The van der Waals surface area contributed by atoms with Gasteiger partial charge >= 0.3 is 0 Å². The summed E-state index contributed by atoms with van der Waals surface area (Å²) in [5.74, 6) is 0. The lowest BCUT2D eigenvalue weighted by atomic mass is 9.95. The standard InChI is InChI=1S/C17H15NO4/c1-19-18-9-13-6-2-4-11-8-12-5-3-7-14(16(12)15(11)13)17-20-10-21-22-17/h2-7,9,17H,8,10H2,1H3/b18-9+. The zero-order valence-electron chi connectivity index (χ0n) is 12.1. The molecule has 0 radical (unpaired) electrons. The summed E-state index contributed by atoms with van der Waals surface area (Å²) >= 11 is 0. The minimum atomic E-state index is -0.492. The largest absolute Gasteiger partial charge is 0.399 e. The monoisotopic (exact) mass is 297 g/mol. The van der Waals surface area contributed by atoms with Crippen molar-refractivity contribution in [2.24, 2.45) is 5.16 Å². The Kier molecular flexibility index (Phi) is 3.38. The van der Waals surface area contributed by atoms with Crippen molar-refractivity contribution in [2.45, 2.75) is 12.7 Å². The first kappa shape index (κ1) is 13.5. The minimum absolute atomic E-state index is 0.147. The van der Waals surface area contributed by atoms with E-state index in [0.29, 0.717) is 0 Å². The van der Waals surface area contributed by atoms with Gasteiger partial charge in [0.1, 0.15) is 7.11 Å². The number of ether oxygens (including phenoxy) is 1. The quantitative estimate of drug-likeness (QED) is 0.423. The van der Waals surface area contributed by atoms with E-state index in [1.165, 1.54) is 18.2 Å². The number of hydrogen-bond donors (Lipinski definition) is 0. The summed E-state index contributed by atoms with van der Waals surface area (Å²) < 4.78 is 5.50. The maximum atomic E-state index is 5.50. The number of nitrogens with zero attached hydrogens (tertiary/aromatic N) is 1. The van der Waals surface area contributed by atoms with Crippen LogP contribution in [0.4, 0.5) is 0 Å². The Morgan fingerprint density at radius 3 is 2.73 bits per heavy atom. The lowest BCUT2D eigenvalue weighted by Gasteiger charge is -2.14. The molecule has 0 N–H and O–H groups in total. The molecule has 0 spiro atoms. The Bertz CT molecular complexity index is 735. The first-order valence-electron chi connectivity index (χ1n) is 7.09. The minimum Gasteiger partial charge on any atom is -0.399 e. The lowest BCUT2D eigenvalue weighted by Crippen LogP contribution is -2.01. The Hall–Kier alpha value is -2.21. The van der Waals surface area contributed by atoms with Crippen LogP contribution in [0.5, 0.6) is 0 Å². The topological polar surface area (TPSA) is 49.3 Å². The third-order valence-corrected chi connectivity index (χ3v) is 3.97. The highest BCUT2D eigenvalue weighted by molar-refractivity contribution is 5.95. The van der Waals surface area contributed by atoms with E-state index in [0.717, 1.165) is 28.7 Å². The molecule has 0 saturated carbocycles. The fourth-order valence-corrected chi connectivity index (χ4v) is 3.11. The molecule has 0 bridgehead atoms. The molecule has 1 atom stereocenters. The van der Waals surface area contributed by atoms with Gasteiger partial charge in [-0.05, 0) is 28.7 Å².